The molecule has 2 aromatic rings. The van der Waals surface area contributed by atoms with E-state index in [4.69, 9.17) is 0 Å². The molecular weight excluding hydrogens is 320 g/mol. The van der Waals surface area contributed by atoms with Gasteiger partial charge in [-0.3, -0.25) is 24.3 Å². The Kier molecular flexibility index (Phi) is 4.10. The maximum Gasteiger partial charge on any atom is 0.264 e. The fraction of sp³-hybridized carbons (Fsp3) is 0.444. The molecule has 7 nitrogen and oxygen atoms in total. The van der Waals surface area contributed by atoms with E-state index in [9.17, 15) is 14.4 Å². The molecule has 1 saturated heterocycles. The summed E-state index contributed by atoms with van der Waals surface area (Å²) in [5.41, 5.74) is 0.763. The van der Waals surface area contributed by atoms with Crippen molar-refractivity contribution in [1.82, 2.24) is 14.9 Å². The van der Waals surface area contributed by atoms with Gasteiger partial charge < -0.3 is 5.32 Å². The number of piperidine rings is 1. The van der Waals surface area contributed by atoms with E-state index in [1.807, 2.05) is 32.9 Å². The van der Waals surface area contributed by atoms with Crippen molar-refractivity contribution in [3.8, 4) is 0 Å². The molecule has 2 heterocycles. The third-order valence-electron chi connectivity index (χ3n) is 4.14. The van der Waals surface area contributed by atoms with Gasteiger partial charge in [0.15, 0.2) is 0 Å². The van der Waals surface area contributed by atoms with Gasteiger partial charge in [-0.25, -0.2) is 4.98 Å². The van der Waals surface area contributed by atoms with Crippen LogP contribution in [0.4, 0.5) is 5.69 Å². The zero-order valence-corrected chi connectivity index (χ0v) is 14.8. The Balaban J connectivity index is 2.21. The van der Waals surface area contributed by atoms with E-state index in [0.717, 1.165) is 0 Å². The molecule has 1 aliphatic heterocycles. The van der Waals surface area contributed by atoms with Crippen LogP contribution in [0.25, 0.3) is 10.9 Å². The van der Waals surface area contributed by atoms with Crippen LogP contribution in [-0.2, 0) is 9.59 Å². The highest BCUT2D eigenvalue weighted by Crippen LogP contribution is 2.25. The van der Waals surface area contributed by atoms with Crippen LogP contribution >= 0.6 is 0 Å². The third-order valence-corrected chi connectivity index (χ3v) is 4.14. The van der Waals surface area contributed by atoms with Crippen LogP contribution in [0, 0.1) is 6.92 Å². The third kappa shape index (κ3) is 3.26. The zero-order valence-electron chi connectivity index (χ0n) is 14.8. The summed E-state index contributed by atoms with van der Waals surface area (Å²) in [5.74, 6) is -0.306. The van der Waals surface area contributed by atoms with E-state index < -0.39 is 11.9 Å². The van der Waals surface area contributed by atoms with Crippen LogP contribution in [0.15, 0.2) is 23.0 Å². The minimum absolute atomic E-state index is 0.211. The van der Waals surface area contributed by atoms with Gasteiger partial charge in [-0.15, -0.1) is 0 Å². The summed E-state index contributed by atoms with van der Waals surface area (Å²) < 4.78 is 1.40. The molecular formula is C18H22N4O3. The van der Waals surface area contributed by atoms with Gasteiger partial charge >= 0.3 is 0 Å². The lowest BCUT2D eigenvalue weighted by Gasteiger charge is -2.26. The predicted octanol–water partition coefficient (Wildman–Crippen LogP) is 1.89. The van der Waals surface area contributed by atoms with Gasteiger partial charge in [-0.1, -0.05) is 6.07 Å². The van der Waals surface area contributed by atoms with Gasteiger partial charge in [-0.2, -0.15) is 0 Å². The smallest absolute Gasteiger partial charge is 0.264 e. The predicted molar refractivity (Wildman–Crippen MR) is 95.5 cm³/mol. The van der Waals surface area contributed by atoms with E-state index in [0.29, 0.717) is 28.8 Å². The number of nitrogens with zero attached hydrogens (tertiary/aromatic N) is 2. The summed E-state index contributed by atoms with van der Waals surface area (Å²) in [6.45, 7) is 7.72. The van der Waals surface area contributed by atoms with Gasteiger partial charge in [-0.05, 0) is 46.2 Å². The van der Waals surface area contributed by atoms with Crippen molar-refractivity contribution in [1.29, 1.82) is 0 Å². The maximum atomic E-state index is 13.2. The first kappa shape index (κ1) is 17.1. The molecule has 2 N–H and O–H groups in total. The Morgan fingerprint density at radius 3 is 2.60 bits per heavy atom. The van der Waals surface area contributed by atoms with Crippen molar-refractivity contribution in [3.63, 3.8) is 0 Å². The van der Waals surface area contributed by atoms with Crippen molar-refractivity contribution in [2.45, 2.75) is 52.1 Å². The standard InChI is InChI=1S/C18H22N4O3/c1-10-19-11-6-5-7-12(21-18(2,3)4)15(11)17(25)22(10)13-8-9-14(23)20-16(13)24/h5-7,13,21H,8-9H2,1-4H3,(H,20,23,24). The Morgan fingerprint density at radius 1 is 1.24 bits per heavy atom. The van der Waals surface area contributed by atoms with E-state index in [1.165, 1.54) is 4.57 Å². The van der Waals surface area contributed by atoms with Gasteiger partial charge in [0.25, 0.3) is 5.56 Å². The zero-order chi connectivity index (χ0) is 18.4. The van der Waals surface area contributed by atoms with Crippen LogP contribution in [0.3, 0.4) is 0 Å². The van der Waals surface area contributed by atoms with E-state index in [1.54, 1.807) is 13.0 Å². The summed E-state index contributed by atoms with van der Waals surface area (Å²) in [7, 11) is 0. The number of aryl methyl sites for hydroxylation is 1. The molecule has 0 bridgehead atoms. The first-order valence-corrected chi connectivity index (χ1v) is 8.31. The number of benzene rings is 1. The number of rotatable bonds is 2. The summed E-state index contributed by atoms with van der Waals surface area (Å²) in [4.78, 5) is 41.3. The molecule has 1 aromatic carbocycles. The quantitative estimate of drug-likeness (QED) is 0.813. The lowest BCUT2D eigenvalue weighted by Crippen LogP contribution is -2.45. The normalized spacial score (nSPS) is 18.3. The molecule has 25 heavy (non-hydrogen) atoms. The monoisotopic (exact) mass is 342 g/mol. The van der Waals surface area contributed by atoms with Crippen LogP contribution in [0.2, 0.25) is 0 Å². The first-order valence-electron chi connectivity index (χ1n) is 8.31. The molecule has 0 spiro atoms. The number of fused-ring (bicyclic) bond motifs is 1. The molecule has 1 fully saturated rings. The van der Waals surface area contributed by atoms with Crippen LogP contribution in [0.1, 0.15) is 45.5 Å². The molecule has 0 saturated carbocycles. The summed E-state index contributed by atoms with van der Waals surface area (Å²) in [6, 6.07) is 4.75. The summed E-state index contributed by atoms with van der Waals surface area (Å²) in [5, 5.41) is 6.08. The molecule has 1 aliphatic rings. The molecule has 3 rings (SSSR count). The van der Waals surface area contributed by atoms with Crippen LogP contribution < -0.4 is 16.2 Å². The molecule has 0 aliphatic carbocycles. The highest BCUT2D eigenvalue weighted by Gasteiger charge is 2.31. The second-order valence-electron chi connectivity index (χ2n) is 7.38. The second-order valence-corrected chi connectivity index (χ2v) is 7.38. The number of hydrogen-bond donors (Lipinski definition) is 2. The van der Waals surface area contributed by atoms with Crippen molar-refractivity contribution >= 4 is 28.4 Å². The Labute approximate surface area is 145 Å². The molecule has 1 atom stereocenters. The molecule has 1 unspecified atom stereocenters. The highest BCUT2D eigenvalue weighted by atomic mass is 16.2. The molecule has 7 heteroatoms. The molecule has 2 amide bonds. The molecule has 1 aromatic heterocycles. The van der Waals surface area contributed by atoms with E-state index in [-0.39, 0.29) is 23.4 Å². The van der Waals surface area contributed by atoms with Crippen molar-refractivity contribution in [2.24, 2.45) is 0 Å². The lowest BCUT2D eigenvalue weighted by molar-refractivity contribution is -0.135. The average Bonchev–Trinajstić information content (AvgIpc) is 2.47. The van der Waals surface area contributed by atoms with E-state index in [2.05, 4.69) is 15.6 Å². The molecule has 0 radical (unpaired) electrons. The van der Waals surface area contributed by atoms with E-state index >= 15 is 0 Å². The largest absolute Gasteiger partial charge is 0.380 e. The van der Waals surface area contributed by atoms with Gasteiger partial charge in [0, 0.05) is 17.6 Å². The van der Waals surface area contributed by atoms with Crippen molar-refractivity contribution < 1.29 is 9.59 Å². The number of aromatic nitrogens is 2. The number of imide groups is 1. The number of hydrogen-bond acceptors (Lipinski definition) is 5. The number of carbonyl (C=O) groups is 2. The fourth-order valence-electron chi connectivity index (χ4n) is 3.16. The lowest BCUT2D eigenvalue weighted by atomic mass is 10.0. The minimum Gasteiger partial charge on any atom is -0.380 e. The topological polar surface area (TPSA) is 93.1 Å². The van der Waals surface area contributed by atoms with Crippen molar-refractivity contribution in [2.75, 3.05) is 5.32 Å². The fourth-order valence-corrected chi connectivity index (χ4v) is 3.16. The van der Waals surface area contributed by atoms with Gasteiger partial charge in [0.2, 0.25) is 11.8 Å². The highest BCUT2D eigenvalue weighted by molar-refractivity contribution is 5.99. The van der Waals surface area contributed by atoms with Gasteiger partial charge in [0.05, 0.1) is 10.9 Å². The number of anilines is 1. The Bertz CT molecular complexity index is 924. The number of amides is 2. The van der Waals surface area contributed by atoms with Gasteiger partial charge in [0.1, 0.15) is 11.9 Å². The SMILES string of the molecule is Cc1nc2cccc(NC(C)(C)C)c2c(=O)n1C1CCC(=O)NC1=O. The minimum atomic E-state index is -0.718. The summed E-state index contributed by atoms with van der Waals surface area (Å²) in [6.07, 6.45) is 0.510. The number of carbonyl (C=O) groups excluding carboxylic acids is 2. The first-order chi connectivity index (χ1) is 11.7. The summed E-state index contributed by atoms with van der Waals surface area (Å²) >= 11 is 0. The average molecular weight is 342 g/mol. The van der Waals surface area contributed by atoms with Crippen LogP contribution in [-0.4, -0.2) is 26.9 Å². The van der Waals surface area contributed by atoms with Crippen LogP contribution in [0.5, 0.6) is 0 Å². The van der Waals surface area contributed by atoms with Crippen molar-refractivity contribution in [3.05, 3.63) is 34.4 Å². The Hall–Kier alpha value is -2.70. The molecule has 132 valence electrons. The second kappa shape index (κ2) is 5.98. The Morgan fingerprint density at radius 2 is 1.96 bits per heavy atom. The number of nitrogens with one attached hydrogen (secondary N) is 2. The maximum absolute atomic E-state index is 13.2.